The van der Waals surface area contributed by atoms with Crippen LogP contribution in [0.1, 0.15) is 107 Å². The fraction of sp³-hybridized carbons (Fsp3) is 0.733. The number of rotatable bonds is 8. The zero-order chi connectivity index (χ0) is 24.3. The van der Waals surface area contributed by atoms with E-state index in [1.54, 1.807) is 16.9 Å². The first kappa shape index (κ1) is 26.1. The van der Waals surface area contributed by atoms with E-state index >= 15 is 0 Å². The predicted molar refractivity (Wildman–Crippen MR) is 142 cm³/mol. The molecule has 0 aliphatic heterocycles. The Balaban J connectivity index is 1.34. The molecule has 1 aromatic heterocycles. The van der Waals surface area contributed by atoms with Crippen molar-refractivity contribution in [2.24, 2.45) is 23.2 Å². The van der Waals surface area contributed by atoms with Gasteiger partial charge in [-0.3, -0.25) is 0 Å². The molecule has 4 heteroatoms. The standard InChI is InChI=1S/C30H46O3S/c1-4-25-12-15-29(34-25)28(33)9-5-7-20(2)26-13-14-27-22(8-6-16-30(26,27)3)11-10-21-17-23(31)19-24(32)18-21/h10-12,15,20,23-24,26-28,31-33H,4-9,13-14,16-19H2,1-3H3/b22-11+/t20-,23-,24-,26-,27+,28+,30-/m1/s1. The lowest BCUT2D eigenvalue weighted by molar-refractivity contribution is 0.0609. The first-order valence-electron chi connectivity index (χ1n) is 13.8. The second-order valence-corrected chi connectivity index (χ2v) is 12.9. The minimum Gasteiger partial charge on any atom is -0.393 e. The van der Waals surface area contributed by atoms with E-state index in [2.05, 4.69) is 45.1 Å². The van der Waals surface area contributed by atoms with Crippen LogP contribution >= 0.6 is 11.3 Å². The van der Waals surface area contributed by atoms with Crippen molar-refractivity contribution in [1.82, 2.24) is 0 Å². The molecule has 190 valence electrons. The van der Waals surface area contributed by atoms with Crippen LogP contribution < -0.4 is 0 Å². The van der Waals surface area contributed by atoms with Gasteiger partial charge in [-0.25, -0.2) is 0 Å². The predicted octanol–water partition coefficient (Wildman–Crippen LogP) is 7.13. The van der Waals surface area contributed by atoms with Crippen LogP contribution in [0.25, 0.3) is 0 Å². The quantitative estimate of drug-likeness (QED) is 0.366. The fourth-order valence-electron chi connectivity index (χ4n) is 7.48. The van der Waals surface area contributed by atoms with Crippen molar-refractivity contribution in [3.05, 3.63) is 45.2 Å². The Morgan fingerprint density at radius 3 is 2.59 bits per heavy atom. The van der Waals surface area contributed by atoms with E-state index < -0.39 is 12.2 Å². The average Bonchev–Trinajstić information content (AvgIpc) is 3.41. The van der Waals surface area contributed by atoms with Crippen molar-refractivity contribution in [2.75, 3.05) is 0 Å². The first-order valence-corrected chi connectivity index (χ1v) is 14.6. The summed E-state index contributed by atoms with van der Waals surface area (Å²) in [6, 6.07) is 4.27. The number of aliphatic hydroxyl groups excluding tert-OH is 3. The second kappa shape index (κ2) is 11.4. The van der Waals surface area contributed by atoms with Crippen molar-refractivity contribution in [2.45, 2.75) is 116 Å². The summed E-state index contributed by atoms with van der Waals surface area (Å²) in [5, 5.41) is 30.7. The summed E-state index contributed by atoms with van der Waals surface area (Å²) in [6.45, 7) is 7.18. The van der Waals surface area contributed by atoms with E-state index in [0.29, 0.717) is 36.5 Å². The maximum absolute atomic E-state index is 10.6. The maximum Gasteiger partial charge on any atom is 0.0882 e. The van der Waals surface area contributed by atoms with Crippen molar-refractivity contribution in [3.8, 4) is 0 Å². The fourth-order valence-corrected chi connectivity index (χ4v) is 8.46. The Kier molecular flexibility index (Phi) is 8.77. The van der Waals surface area contributed by atoms with Gasteiger partial charge in [-0.1, -0.05) is 56.9 Å². The maximum atomic E-state index is 10.6. The highest BCUT2D eigenvalue weighted by Crippen LogP contribution is 2.60. The molecule has 3 aliphatic rings. The van der Waals surface area contributed by atoms with Gasteiger partial charge in [0, 0.05) is 9.75 Å². The molecule has 0 radical (unpaired) electrons. The summed E-state index contributed by atoms with van der Waals surface area (Å²) >= 11 is 1.77. The smallest absolute Gasteiger partial charge is 0.0882 e. The van der Waals surface area contributed by atoms with Crippen molar-refractivity contribution >= 4 is 11.3 Å². The molecule has 4 rings (SSSR count). The molecule has 0 aromatic carbocycles. The van der Waals surface area contributed by atoms with Gasteiger partial charge in [-0.05, 0) is 99.5 Å². The Hall–Kier alpha value is -0.940. The number of hydrogen-bond donors (Lipinski definition) is 3. The molecule has 3 nitrogen and oxygen atoms in total. The third-order valence-corrected chi connectivity index (χ3v) is 10.6. The van der Waals surface area contributed by atoms with Gasteiger partial charge in [0.1, 0.15) is 0 Å². The van der Waals surface area contributed by atoms with Gasteiger partial charge in [0.2, 0.25) is 0 Å². The Morgan fingerprint density at radius 2 is 1.88 bits per heavy atom. The molecule has 0 unspecified atom stereocenters. The van der Waals surface area contributed by atoms with Gasteiger partial charge in [-0.2, -0.15) is 0 Å². The van der Waals surface area contributed by atoms with Crippen LogP contribution in [0.5, 0.6) is 0 Å². The molecule has 0 saturated heterocycles. The first-order chi connectivity index (χ1) is 16.3. The third kappa shape index (κ3) is 5.88. The molecule has 1 aromatic rings. The van der Waals surface area contributed by atoms with Gasteiger partial charge >= 0.3 is 0 Å². The number of thiophene rings is 1. The second-order valence-electron chi connectivity index (χ2n) is 11.7. The summed E-state index contributed by atoms with van der Waals surface area (Å²) in [5.41, 5.74) is 3.19. The lowest BCUT2D eigenvalue weighted by Crippen LogP contribution is -2.36. The molecular formula is C30H46O3S. The minimum absolute atomic E-state index is 0.307. The van der Waals surface area contributed by atoms with Gasteiger partial charge in [-0.15, -0.1) is 11.3 Å². The van der Waals surface area contributed by atoms with Crippen LogP contribution in [0.4, 0.5) is 0 Å². The molecule has 0 bridgehead atoms. The molecule has 3 aliphatic carbocycles. The number of aliphatic hydroxyl groups is 3. The van der Waals surface area contributed by atoms with Crippen LogP contribution in [0, 0.1) is 23.2 Å². The molecule has 3 saturated carbocycles. The number of aryl methyl sites for hydroxylation is 1. The van der Waals surface area contributed by atoms with E-state index in [4.69, 9.17) is 0 Å². The molecule has 1 heterocycles. The summed E-state index contributed by atoms with van der Waals surface area (Å²) in [7, 11) is 0. The van der Waals surface area contributed by atoms with E-state index in [1.807, 2.05) is 0 Å². The normalized spacial score (nSPS) is 34.8. The molecule has 34 heavy (non-hydrogen) atoms. The van der Waals surface area contributed by atoms with Crippen molar-refractivity contribution in [3.63, 3.8) is 0 Å². The highest BCUT2D eigenvalue weighted by molar-refractivity contribution is 7.12. The molecule has 3 N–H and O–H groups in total. The van der Waals surface area contributed by atoms with Gasteiger partial charge in [0.15, 0.2) is 0 Å². The van der Waals surface area contributed by atoms with Crippen molar-refractivity contribution < 1.29 is 15.3 Å². The zero-order valence-electron chi connectivity index (χ0n) is 21.5. The van der Waals surface area contributed by atoms with E-state index in [1.165, 1.54) is 49.0 Å². The van der Waals surface area contributed by atoms with Crippen LogP contribution in [0.3, 0.4) is 0 Å². The molecular weight excluding hydrogens is 440 g/mol. The van der Waals surface area contributed by atoms with Crippen LogP contribution in [0.2, 0.25) is 0 Å². The molecule has 0 amide bonds. The number of fused-ring (bicyclic) bond motifs is 1. The zero-order valence-corrected chi connectivity index (χ0v) is 22.3. The van der Waals surface area contributed by atoms with Crippen LogP contribution in [0.15, 0.2) is 35.4 Å². The topological polar surface area (TPSA) is 60.7 Å². The average molecular weight is 487 g/mol. The number of hydrogen-bond acceptors (Lipinski definition) is 4. The largest absolute Gasteiger partial charge is 0.393 e. The van der Waals surface area contributed by atoms with E-state index in [9.17, 15) is 15.3 Å². The van der Waals surface area contributed by atoms with Crippen LogP contribution in [-0.2, 0) is 6.42 Å². The summed E-state index contributed by atoms with van der Waals surface area (Å²) in [4.78, 5) is 2.49. The summed E-state index contributed by atoms with van der Waals surface area (Å²) < 4.78 is 0. The summed E-state index contributed by atoms with van der Waals surface area (Å²) in [6.07, 6.45) is 16.0. The Morgan fingerprint density at radius 1 is 1.12 bits per heavy atom. The number of allylic oxidation sites excluding steroid dienone is 3. The van der Waals surface area contributed by atoms with E-state index in [-0.39, 0.29) is 6.10 Å². The highest BCUT2D eigenvalue weighted by Gasteiger charge is 2.50. The minimum atomic E-state index is -0.395. The third-order valence-electron chi connectivity index (χ3n) is 9.29. The lowest BCUT2D eigenvalue weighted by Gasteiger charge is -2.44. The van der Waals surface area contributed by atoms with Gasteiger partial charge < -0.3 is 15.3 Å². The van der Waals surface area contributed by atoms with Crippen molar-refractivity contribution in [1.29, 1.82) is 0 Å². The van der Waals surface area contributed by atoms with Gasteiger partial charge in [0.25, 0.3) is 0 Å². The highest BCUT2D eigenvalue weighted by atomic mass is 32.1. The molecule has 3 fully saturated rings. The molecule has 0 spiro atoms. The van der Waals surface area contributed by atoms with Crippen LogP contribution in [-0.4, -0.2) is 27.5 Å². The summed E-state index contributed by atoms with van der Waals surface area (Å²) in [5.74, 6) is 2.13. The van der Waals surface area contributed by atoms with Gasteiger partial charge in [0.05, 0.1) is 18.3 Å². The SMILES string of the molecule is CCc1ccc([C@@H](O)CCC[C@@H](C)[C@H]2CC[C@H]3/C(=C/C=C4C[C@@H](O)C[C@H](O)C4)CCC[C@]23C)s1. The monoisotopic (exact) mass is 486 g/mol. The molecule has 7 atom stereocenters. The Labute approximate surface area is 211 Å². The van der Waals surface area contributed by atoms with E-state index in [0.717, 1.165) is 30.1 Å². The lowest BCUT2D eigenvalue weighted by atomic mass is 9.60. The Bertz CT molecular complexity index is 858.